The number of nitrogens with zero attached hydrogens (tertiary/aromatic N) is 2. The standard InChI is InChI=1S/C13H23N3S/c1-9(2)11-5-4-6-12(8-7-11)14-13-16-15-10(3)17-13/h9,11-12H,4-8H2,1-3H3,(H,14,16). The van der Waals surface area contributed by atoms with E-state index in [4.69, 9.17) is 0 Å². The van der Waals surface area contributed by atoms with Crippen molar-refractivity contribution in [1.82, 2.24) is 10.2 Å². The van der Waals surface area contributed by atoms with E-state index >= 15 is 0 Å². The van der Waals surface area contributed by atoms with Crippen molar-refractivity contribution >= 4 is 16.5 Å². The maximum atomic E-state index is 4.15. The van der Waals surface area contributed by atoms with E-state index in [1.54, 1.807) is 11.3 Å². The summed E-state index contributed by atoms with van der Waals surface area (Å²) in [6.07, 6.45) is 6.65. The zero-order valence-electron chi connectivity index (χ0n) is 11.1. The average Bonchev–Trinajstić information content (AvgIpc) is 2.54. The van der Waals surface area contributed by atoms with Crippen LogP contribution in [0.1, 0.15) is 51.0 Å². The highest BCUT2D eigenvalue weighted by molar-refractivity contribution is 7.15. The van der Waals surface area contributed by atoms with Crippen LogP contribution in [0, 0.1) is 18.8 Å². The van der Waals surface area contributed by atoms with Crippen molar-refractivity contribution in [3.63, 3.8) is 0 Å². The van der Waals surface area contributed by atoms with Gasteiger partial charge >= 0.3 is 0 Å². The molecule has 0 aliphatic heterocycles. The van der Waals surface area contributed by atoms with Crippen molar-refractivity contribution in [3.8, 4) is 0 Å². The van der Waals surface area contributed by atoms with E-state index in [0.29, 0.717) is 6.04 Å². The Labute approximate surface area is 108 Å². The molecule has 0 saturated heterocycles. The normalized spacial score (nSPS) is 25.9. The maximum Gasteiger partial charge on any atom is 0.205 e. The molecule has 2 atom stereocenters. The topological polar surface area (TPSA) is 37.8 Å². The summed E-state index contributed by atoms with van der Waals surface area (Å²) in [6, 6.07) is 0.603. The minimum atomic E-state index is 0.603. The Kier molecular flexibility index (Phi) is 4.37. The Morgan fingerprint density at radius 2 is 2.00 bits per heavy atom. The molecule has 0 spiro atoms. The van der Waals surface area contributed by atoms with E-state index in [-0.39, 0.29) is 0 Å². The highest BCUT2D eigenvalue weighted by atomic mass is 32.1. The lowest BCUT2D eigenvalue weighted by molar-refractivity contribution is 0.341. The predicted molar refractivity (Wildman–Crippen MR) is 73.5 cm³/mol. The third-order valence-corrected chi connectivity index (χ3v) is 4.58. The number of aromatic nitrogens is 2. The highest BCUT2D eigenvalue weighted by Gasteiger charge is 2.21. The molecule has 1 aromatic rings. The van der Waals surface area contributed by atoms with Gasteiger partial charge < -0.3 is 5.32 Å². The molecule has 96 valence electrons. The first kappa shape index (κ1) is 12.8. The number of aryl methyl sites for hydroxylation is 1. The van der Waals surface area contributed by atoms with Crippen LogP contribution in [0.2, 0.25) is 0 Å². The van der Waals surface area contributed by atoms with Gasteiger partial charge in [0, 0.05) is 6.04 Å². The fourth-order valence-corrected chi connectivity index (χ4v) is 3.34. The number of hydrogen-bond donors (Lipinski definition) is 1. The van der Waals surface area contributed by atoms with Gasteiger partial charge in [0.1, 0.15) is 5.01 Å². The van der Waals surface area contributed by atoms with Gasteiger partial charge in [-0.05, 0) is 38.0 Å². The minimum Gasteiger partial charge on any atom is -0.357 e. The molecule has 1 N–H and O–H groups in total. The smallest absolute Gasteiger partial charge is 0.205 e. The van der Waals surface area contributed by atoms with E-state index in [1.807, 2.05) is 6.92 Å². The lowest BCUT2D eigenvalue weighted by Crippen LogP contribution is -2.18. The molecule has 0 radical (unpaired) electrons. The van der Waals surface area contributed by atoms with Crippen molar-refractivity contribution in [1.29, 1.82) is 0 Å². The van der Waals surface area contributed by atoms with Crippen molar-refractivity contribution in [2.45, 2.75) is 58.9 Å². The lowest BCUT2D eigenvalue weighted by atomic mass is 9.89. The monoisotopic (exact) mass is 253 g/mol. The van der Waals surface area contributed by atoms with E-state index < -0.39 is 0 Å². The quantitative estimate of drug-likeness (QED) is 0.831. The zero-order chi connectivity index (χ0) is 12.3. The largest absolute Gasteiger partial charge is 0.357 e. The predicted octanol–water partition coefficient (Wildman–Crippen LogP) is 3.86. The first-order valence-electron chi connectivity index (χ1n) is 6.72. The maximum absolute atomic E-state index is 4.15. The molecule has 2 unspecified atom stereocenters. The molecular weight excluding hydrogens is 230 g/mol. The second kappa shape index (κ2) is 5.80. The summed E-state index contributed by atoms with van der Waals surface area (Å²) in [7, 11) is 0. The molecule has 4 heteroatoms. The van der Waals surface area contributed by atoms with E-state index in [2.05, 4.69) is 29.4 Å². The molecule has 1 fully saturated rings. The molecule has 1 heterocycles. The number of nitrogens with one attached hydrogen (secondary N) is 1. The second-order valence-corrected chi connectivity index (χ2v) is 6.66. The van der Waals surface area contributed by atoms with Gasteiger partial charge in [0.25, 0.3) is 0 Å². The van der Waals surface area contributed by atoms with Gasteiger partial charge in [0.05, 0.1) is 0 Å². The Balaban J connectivity index is 1.86. The molecule has 17 heavy (non-hydrogen) atoms. The van der Waals surface area contributed by atoms with Crippen LogP contribution in [-0.4, -0.2) is 16.2 Å². The molecular formula is C13H23N3S. The first-order valence-corrected chi connectivity index (χ1v) is 7.53. The van der Waals surface area contributed by atoms with E-state index in [9.17, 15) is 0 Å². The van der Waals surface area contributed by atoms with Crippen LogP contribution in [0.15, 0.2) is 0 Å². The highest BCUT2D eigenvalue weighted by Crippen LogP contribution is 2.30. The Morgan fingerprint density at radius 3 is 2.65 bits per heavy atom. The molecule has 3 nitrogen and oxygen atoms in total. The van der Waals surface area contributed by atoms with Crippen LogP contribution < -0.4 is 5.32 Å². The molecule has 1 saturated carbocycles. The summed E-state index contributed by atoms with van der Waals surface area (Å²) < 4.78 is 0. The second-order valence-electron chi connectivity index (χ2n) is 5.48. The fraction of sp³-hybridized carbons (Fsp3) is 0.846. The van der Waals surface area contributed by atoms with Crippen molar-refractivity contribution in [2.24, 2.45) is 11.8 Å². The fourth-order valence-electron chi connectivity index (χ4n) is 2.67. The molecule has 2 rings (SSSR count). The van der Waals surface area contributed by atoms with E-state index in [1.165, 1.54) is 32.1 Å². The molecule has 1 aliphatic rings. The number of rotatable bonds is 3. The summed E-state index contributed by atoms with van der Waals surface area (Å²) in [5.74, 6) is 1.75. The van der Waals surface area contributed by atoms with Gasteiger partial charge in [-0.25, -0.2) is 0 Å². The van der Waals surface area contributed by atoms with Crippen LogP contribution in [0.5, 0.6) is 0 Å². The molecule has 0 amide bonds. The Bertz CT molecular complexity index is 348. The van der Waals surface area contributed by atoms with Crippen molar-refractivity contribution in [2.75, 3.05) is 5.32 Å². The molecule has 1 aliphatic carbocycles. The van der Waals surface area contributed by atoms with Crippen molar-refractivity contribution in [3.05, 3.63) is 5.01 Å². The average molecular weight is 253 g/mol. The summed E-state index contributed by atoms with van der Waals surface area (Å²) in [5, 5.41) is 13.8. The third-order valence-electron chi connectivity index (χ3n) is 3.81. The summed E-state index contributed by atoms with van der Waals surface area (Å²) in [4.78, 5) is 0. The van der Waals surface area contributed by atoms with Gasteiger partial charge in [-0.15, -0.1) is 10.2 Å². The Hall–Kier alpha value is -0.640. The lowest BCUT2D eigenvalue weighted by Gasteiger charge is -2.18. The van der Waals surface area contributed by atoms with E-state index in [0.717, 1.165) is 22.0 Å². The molecule has 0 aromatic carbocycles. The molecule has 0 bridgehead atoms. The van der Waals surface area contributed by atoms with Gasteiger partial charge in [-0.3, -0.25) is 0 Å². The Morgan fingerprint density at radius 1 is 1.18 bits per heavy atom. The van der Waals surface area contributed by atoms with Gasteiger partial charge in [0.15, 0.2) is 0 Å². The number of hydrogen-bond acceptors (Lipinski definition) is 4. The summed E-state index contributed by atoms with van der Waals surface area (Å²) >= 11 is 1.66. The van der Waals surface area contributed by atoms with Gasteiger partial charge in [-0.1, -0.05) is 38.0 Å². The molecule has 1 aromatic heterocycles. The summed E-state index contributed by atoms with van der Waals surface area (Å²) in [5.41, 5.74) is 0. The first-order chi connectivity index (χ1) is 8.15. The van der Waals surface area contributed by atoms with Crippen LogP contribution in [0.25, 0.3) is 0 Å². The van der Waals surface area contributed by atoms with Crippen LogP contribution in [-0.2, 0) is 0 Å². The van der Waals surface area contributed by atoms with Crippen LogP contribution >= 0.6 is 11.3 Å². The minimum absolute atomic E-state index is 0.603. The zero-order valence-corrected chi connectivity index (χ0v) is 11.9. The van der Waals surface area contributed by atoms with Crippen molar-refractivity contribution < 1.29 is 0 Å². The van der Waals surface area contributed by atoms with Crippen LogP contribution in [0.3, 0.4) is 0 Å². The number of anilines is 1. The van der Waals surface area contributed by atoms with Gasteiger partial charge in [-0.2, -0.15) is 0 Å². The van der Waals surface area contributed by atoms with Crippen LogP contribution in [0.4, 0.5) is 5.13 Å². The van der Waals surface area contributed by atoms with Gasteiger partial charge in [0.2, 0.25) is 5.13 Å². The third kappa shape index (κ3) is 3.66. The summed E-state index contributed by atoms with van der Waals surface area (Å²) in [6.45, 7) is 6.71. The SMILES string of the molecule is Cc1nnc(NC2CCCC(C(C)C)CC2)s1.